The van der Waals surface area contributed by atoms with Crippen LogP contribution in [0.4, 0.5) is 11.4 Å². The van der Waals surface area contributed by atoms with E-state index in [1.807, 2.05) is 37.3 Å². The Morgan fingerprint density at radius 1 is 0.811 bits per heavy atom. The van der Waals surface area contributed by atoms with Crippen LogP contribution in [0.15, 0.2) is 66.7 Å². The molecule has 3 aromatic rings. The van der Waals surface area contributed by atoms with E-state index in [1.54, 1.807) is 41.5 Å². The fourth-order valence-corrected chi connectivity index (χ4v) is 4.94. The summed E-state index contributed by atoms with van der Waals surface area (Å²) in [6.45, 7) is 2.41. The lowest BCUT2D eigenvalue weighted by molar-refractivity contribution is -0.126. The molecule has 3 atom stereocenters. The molecule has 2 saturated heterocycles. The van der Waals surface area contributed by atoms with Crippen LogP contribution in [0.1, 0.15) is 18.5 Å². The van der Waals surface area contributed by atoms with Crippen molar-refractivity contribution in [3.05, 3.63) is 72.3 Å². The highest BCUT2D eigenvalue weighted by molar-refractivity contribution is 6.24. The van der Waals surface area contributed by atoms with E-state index in [4.69, 9.17) is 23.8 Å². The van der Waals surface area contributed by atoms with E-state index in [9.17, 15) is 9.59 Å². The number of hydrogen-bond donors (Lipinski definition) is 0. The van der Waals surface area contributed by atoms with Gasteiger partial charge in [0.15, 0.2) is 17.6 Å². The molecule has 2 fully saturated rings. The van der Waals surface area contributed by atoms with Crippen LogP contribution < -0.4 is 28.9 Å². The standard InChI is InChI=1S/C28H28N2O7/c1-5-36-20-13-11-18(12-14-20)29-27(31)23-24(17-15-21(33-2)25(35-4)22(16-17)34-3)30(37-26(23)28(29)32)19-9-7-6-8-10-19/h6-16,23-24,26H,5H2,1-4H3/t23-,24-,26-/m0/s1. The largest absolute Gasteiger partial charge is 0.494 e. The second-order valence-corrected chi connectivity index (χ2v) is 8.56. The van der Waals surface area contributed by atoms with Gasteiger partial charge < -0.3 is 18.9 Å². The van der Waals surface area contributed by atoms with Gasteiger partial charge in [0.25, 0.3) is 5.91 Å². The Morgan fingerprint density at radius 2 is 1.46 bits per heavy atom. The van der Waals surface area contributed by atoms with Crippen molar-refractivity contribution in [3.8, 4) is 23.0 Å². The monoisotopic (exact) mass is 504 g/mol. The zero-order chi connectivity index (χ0) is 26.1. The van der Waals surface area contributed by atoms with E-state index >= 15 is 0 Å². The van der Waals surface area contributed by atoms with Crippen molar-refractivity contribution < 1.29 is 33.4 Å². The normalized spacial score (nSPS) is 20.7. The van der Waals surface area contributed by atoms with Crippen molar-refractivity contribution >= 4 is 23.2 Å². The Hall–Kier alpha value is -4.24. The third-order valence-electron chi connectivity index (χ3n) is 6.56. The minimum atomic E-state index is -0.997. The van der Waals surface area contributed by atoms with Gasteiger partial charge in [-0.1, -0.05) is 18.2 Å². The molecule has 2 amide bonds. The molecule has 0 unspecified atom stereocenters. The fourth-order valence-electron chi connectivity index (χ4n) is 4.94. The summed E-state index contributed by atoms with van der Waals surface area (Å²) in [7, 11) is 4.59. The molecule has 0 saturated carbocycles. The molecular weight excluding hydrogens is 476 g/mol. The Morgan fingerprint density at radius 3 is 2.03 bits per heavy atom. The van der Waals surface area contributed by atoms with E-state index in [1.165, 1.54) is 26.2 Å². The summed E-state index contributed by atoms with van der Waals surface area (Å²) in [5, 5.41) is 1.63. The number of amides is 2. The summed E-state index contributed by atoms with van der Waals surface area (Å²) in [6, 6.07) is 19.2. The van der Waals surface area contributed by atoms with Crippen molar-refractivity contribution in [1.29, 1.82) is 0 Å². The van der Waals surface area contributed by atoms with Crippen LogP contribution in [0, 0.1) is 5.92 Å². The molecule has 192 valence electrons. The van der Waals surface area contributed by atoms with E-state index in [2.05, 4.69) is 0 Å². The third kappa shape index (κ3) is 4.11. The summed E-state index contributed by atoms with van der Waals surface area (Å²) >= 11 is 0. The van der Waals surface area contributed by atoms with E-state index in [0.717, 1.165) is 0 Å². The average Bonchev–Trinajstić information content (AvgIpc) is 3.44. The third-order valence-corrected chi connectivity index (χ3v) is 6.56. The molecule has 9 heteroatoms. The number of hydrogen-bond acceptors (Lipinski definition) is 8. The molecule has 2 aliphatic heterocycles. The summed E-state index contributed by atoms with van der Waals surface area (Å²) in [5.74, 6) is 0.392. The minimum Gasteiger partial charge on any atom is -0.494 e. The molecule has 2 heterocycles. The number of benzene rings is 3. The number of hydroxylamine groups is 1. The molecule has 0 radical (unpaired) electrons. The molecule has 0 bridgehead atoms. The van der Waals surface area contributed by atoms with Gasteiger partial charge >= 0.3 is 0 Å². The lowest BCUT2D eigenvalue weighted by Crippen LogP contribution is -2.37. The maximum absolute atomic E-state index is 13.9. The number of fused-ring (bicyclic) bond motifs is 1. The first kappa shape index (κ1) is 24.5. The van der Waals surface area contributed by atoms with Crippen molar-refractivity contribution in [2.45, 2.75) is 19.1 Å². The Kier molecular flexibility index (Phi) is 6.62. The minimum absolute atomic E-state index is 0.351. The van der Waals surface area contributed by atoms with Crippen molar-refractivity contribution in [1.82, 2.24) is 0 Å². The highest BCUT2D eigenvalue weighted by atomic mass is 16.7. The van der Waals surface area contributed by atoms with Crippen LogP contribution in [0.25, 0.3) is 0 Å². The van der Waals surface area contributed by atoms with E-state index < -0.39 is 24.0 Å². The number of nitrogens with zero attached hydrogens (tertiary/aromatic N) is 2. The van der Waals surface area contributed by atoms with Gasteiger partial charge in [-0.2, -0.15) is 0 Å². The van der Waals surface area contributed by atoms with Crippen molar-refractivity contribution in [2.75, 3.05) is 37.9 Å². The molecule has 0 aromatic heterocycles. The quantitative estimate of drug-likeness (QED) is 0.423. The molecule has 9 nitrogen and oxygen atoms in total. The zero-order valence-corrected chi connectivity index (χ0v) is 21.0. The second-order valence-electron chi connectivity index (χ2n) is 8.56. The topological polar surface area (TPSA) is 86.8 Å². The molecule has 3 aromatic carbocycles. The van der Waals surface area contributed by atoms with Crippen LogP contribution in [0.3, 0.4) is 0 Å². The van der Waals surface area contributed by atoms with Gasteiger partial charge in [-0.15, -0.1) is 0 Å². The number of ether oxygens (including phenoxy) is 4. The molecule has 0 N–H and O–H groups in total. The number of rotatable bonds is 8. The zero-order valence-electron chi connectivity index (χ0n) is 21.0. The molecule has 2 aliphatic rings. The number of para-hydroxylation sites is 1. The number of carbonyl (C=O) groups excluding carboxylic acids is 2. The fraction of sp³-hybridized carbons (Fsp3) is 0.286. The van der Waals surface area contributed by atoms with Crippen LogP contribution in [-0.4, -0.2) is 45.9 Å². The smallest absolute Gasteiger partial charge is 0.266 e. The lowest BCUT2D eigenvalue weighted by atomic mass is 9.90. The summed E-state index contributed by atoms with van der Waals surface area (Å²) in [5.41, 5.74) is 1.86. The average molecular weight is 505 g/mol. The SMILES string of the molecule is CCOc1ccc(N2C(=O)[C@@H]3[C@H](ON(c4ccccc4)[C@H]3c3cc(OC)c(OC)c(OC)c3)C2=O)cc1. The number of methoxy groups -OCH3 is 3. The van der Waals surface area contributed by atoms with Gasteiger partial charge in [0.2, 0.25) is 11.7 Å². The van der Waals surface area contributed by atoms with Gasteiger partial charge in [0.1, 0.15) is 11.7 Å². The van der Waals surface area contributed by atoms with Gasteiger partial charge in [0, 0.05) is 0 Å². The van der Waals surface area contributed by atoms with Crippen molar-refractivity contribution in [2.24, 2.45) is 5.92 Å². The summed E-state index contributed by atoms with van der Waals surface area (Å²) in [6.07, 6.45) is -0.997. The van der Waals surface area contributed by atoms with Crippen LogP contribution in [-0.2, 0) is 14.4 Å². The first-order valence-electron chi connectivity index (χ1n) is 11.9. The van der Waals surface area contributed by atoms with E-state index in [0.29, 0.717) is 46.5 Å². The molecule has 37 heavy (non-hydrogen) atoms. The van der Waals surface area contributed by atoms with Crippen LogP contribution >= 0.6 is 0 Å². The number of carbonyl (C=O) groups is 2. The lowest BCUT2D eigenvalue weighted by Gasteiger charge is -2.29. The summed E-state index contributed by atoms with van der Waals surface area (Å²) < 4.78 is 22.1. The predicted octanol–water partition coefficient (Wildman–Crippen LogP) is 4.16. The van der Waals surface area contributed by atoms with Crippen molar-refractivity contribution in [3.63, 3.8) is 0 Å². The van der Waals surface area contributed by atoms with E-state index in [-0.39, 0.29) is 5.91 Å². The van der Waals surface area contributed by atoms with Gasteiger partial charge in [0.05, 0.1) is 45.4 Å². The molecule has 0 spiro atoms. The highest BCUT2D eigenvalue weighted by Crippen LogP contribution is 2.50. The highest BCUT2D eigenvalue weighted by Gasteiger charge is 2.60. The van der Waals surface area contributed by atoms with Gasteiger partial charge in [-0.3, -0.25) is 14.4 Å². The summed E-state index contributed by atoms with van der Waals surface area (Å²) in [4.78, 5) is 34.9. The van der Waals surface area contributed by atoms with Gasteiger partial charge in [-0.25, -0.2) is 9.96 Å². The van der Waals surface area contributed by atoms with Crippen LogP contribution in [0.5, 0.6) is 23.0 Å². The molecule has 0 aliphatic carbocycles. The Bertz CT molecular complexity index is 1270. The predicted molar refractivity (Wildman–Crippen MR) is 136 cm³/mol. The number of imide groups is 1. The second kappa shape index (κ2) is 10.0. The maximum Gasteiger partial charge on any atom is 0.266 e. The molecular formula is C28H28N2O7. The Labute approximate surface area is 215 Å². The number of anilines is 2. The Balaban J connectivity index is 1.59. The van der Waals surface area contributed by atoms with Crippen LogP contribution in [0.2, 0.25) is 0 Å². The first-order valence-corrected chi connectivity index (χ1v) is 11.9. The van der Waals surface area contributed by atoms with Gasteiger partial charge in [-0.05, 0) is 61.0 Å². The molecule has 5 rings (SSSR count). The first-order chi connectivity index (χ1) is 18.0. The maximum atomic E-state index is 13.9.